The molecule has 0 saturated heterocycles. The fraction of sp³-hybridized carbons (Fsp3) is 0.214. The SMILES string of the molecule is C=CC[C@H](C(=O)O)[C@@H](O)/C=C/c1ccccc1. The van der Waals surface area contributed by atoms with Crippen LogP contribution in [-0.4, -0.2) is 22.3 Å². The lowest BCUT2D eigenvalue weighted by Gasteiger charge is -2.13. The summed E-state index contributed by atoms with van der Waals surface area (Å²) in [5.74, 6) is -1.86. The Hall–Kier alpha value is -1.87. The molecule has 0 bridgehead atoms. The van der Waals surface area contributed by atoms with Crippen molar-refractivity contribution in [3.63, 3.8) is 0 Å². The molecule has 0 spiro atoms. The summed E-state index contributed by atoms with van der Waals surface area (Å²) in [6.07, 6.45) is 3.95. The van der Waals surface area contributed by atoms with Gasteiger partial charge < -0.3 is 10.2 Å². The quantitative estimate of drug-likeness (QED) is 0.740. The Morgan fingerprint density at radius 1 is 1.35 bits per heavy atom. The first-order valence-corrected chi connectivity index (χ1v) is 5.40. The van der Waals surface area contributed by atoms with E-state index < -0.39 is 18.0 Å². The van der Waals surface area contributed by atoms with Crippen molar-refractivity contribution >= 4 is 12.0 Å². The zero-order valence-electron chi connectivity index (χ0n) is 9.49. The normalized spacial score (nSPS) is 14.4. The highest BCUT2D eigenvalue weighted by atomic mass is 16.4. The van der Waals surface area contributed by atoms with Gasteiger partial charge in [0.15, 0.2) is 0 Å². The number of carboxylic acids is 1. The number of benzene rings is 1. The molecule has 3 nitrogen and oxygen atoms in total. The van der Waals surface area contributed by atoms with Crippen molar-refractivity contribution in [3.05, 3.63) is 54.6 Å². The molecule has 90 valence electrons. The van der Waals surface area contributed by atoms with Crippen LogP contribution in [0, 0.1) is 5.92 Å². The molecule has 0 aliphatic rings. The van der Waals surface area contributed by atoms with E-state index >= 15 is 0 Å². The number of allylic oxidation sites excluding steroid dienone is 1. The van der Waals surface area contributed by atoms with Crippen LogP contribution in [0.3, 0.4) is 0 Å². The third-order valence-corrected chi connectivity index (χ3v) is 2.44. The Labute approximate surface area is 101 Å². The van der Waals surface area contributed by atoms with E-state index in [2.05, 4.69) is 6.58 Å². The second-order valence-electron chi connectivity index (χ2n) is 3.73. The number of carboxylic acid groups (broad SMARTS) is 1. The minimum atomic E-state index is -1.02. The molecule has 0 unspecified atom stereocenters. The Bertz CT molecular complexity index is 395. The van der Waals surface area contributed by atoms with Gasteiger partial charge in [-0.2, -0.15) is 0 Å². The molecule has 2 atom stereocenters. The van der Waals surface area contributed by atoms with Crippen molar-refractivity contribution in [2.24, 2.45) is 5.92 Å². The number of carbonyl (C=O) groups is 1. The monoisotopic (exact) mass is 232 g/mol. The van der Waals surface area contributed by atoms with Gasteiger partial charge in [0.05, 0.1) is 12.0 Å². The van der Waals surface area contributed by atoms with Gasteiger partial charge in [-0.3, -0.25) is 4.79 Å². The van der Waals surface area contributed by atoms with E-state index in [-0.39, 0.29) is 6.42 Å². The molecule has 0 heterocycles. The van der Waals surface area contributed by atoms with Gasteiger partial charge in [0.25, 0.3) is 0 Å². The van der Waals surface area contributed by atoms with Crippen molar-refractivity contribution in [2.45, 2.75) is 12.5 Å². The molecular formula is C14H16O3. The summed E-state index contributed by atoms with van der Waals surface area (Å²) in [6.45, 7) is 3.49. The zero-order valence-corrected chi connectivity index (χ0v) is 9.49. The average Bonchev–Trinajstić information content (AvgIpc) is 2.34. The maximum absolute atomic E-state index is 10.9. The first-order valence-electron chi connectivity index (χ1n) is 5.40. The zero-order chi connectivity index (χ0) is 12.7. The van der Waals surface area contributed by atoms with Gasteiger partial charge in [-0.1, -0.05) is 48.6 Å². The highest BCUT2D eigenvalue weighted by Crippen LogP contribution is 2.13. The molecule has 1 aromatic rings. The largest absolute Gasteiger partial charge is 0.481 e. The molecule has 17 heavy (non-hydrogen) atoms. The van der Waals surface area contributed by atoms with Crippen molar-refractivity contribution < 1.29 is 15.0 Å². The minimum Gasteiger partial charge on any atom is -0.481 e. The Morgan fingerprint density at radius 2 is 2.00 bits per heavy atom. The van der Waals surface area contributed by atoms with E-state index in [1.807, 2.05) is 30.3 Å². The van der Waals surface area contributed by atoms with Gasteiger partial charge in [0.1, 0.15) is 0 Å². The lowest BCUT2D eigenvalue weighted by molar-refractivity contribution is -0.144. The molecule has 0 amide bonds. The summed E-state index contributed by atoms with van der Waals surface area (Å²) in [7, 11) is 0. The molecule has 0 radical (unpaired) electrons. The summed E-state index contributed by atoms with van der Waals surface area (Å²) in [6, 6.07) is 9.42. The number of aliphatic carboxylic acids is 1. The summed E-state index contributed by atoms with van der Waals surface area (Å²) in [5.41, 5.74) is 0.925. The number of rotatable bonds is 6. The third kappa shape index (κ3) is 4.25. The number of aliphatic hydroxyl groups excluding tert-OH is 1. The molecule has 0 saturated carbocycles. The van der Waals surface area contributed by atoms with E-state index in [4.69, 9.17) is 5.11 Å². The van der Waals surface area contributed by atoms with E-state index in [0.29, 0.717) is 0 Å². The fourth-order valence-electron chi connectivity index (χ4n) is 1.47. The van der Waals surface area contributed by atoms with E-state index in [1.54, 1.807) is 6.08 Å². The van der Waals surface area contributed by atoms with Crippen LogP contribution in [0.15, 0.2) is 49.1 Å². The third-order valence-electron chi connectivity index (χ3n) is 2.44. The van der Waals surface area contributed by atoms with Crippen molar-refractivity contribution in [2.75, 3.05) is 0 Å². The van der Waals surface area contributed by atoms with Crippen LogP contribution < -0.4 is 0 Å². The Balaban J connectivity index is 2.69. The summed E-state index contributed by atoms with van der Waals surface area (Å²) < 4.78 is 0. The summed E-state index contributed by atoms with van der Waals surface area (Å²) in [4.78, 5) is 10.9. The highest BCUT2D eigenvalue weighted by Gasteiger charge is 2.22. The Kier molecular flexibility index (Phi) is 5.17. The average molecular weight is 232 g/mol. The van der Waals surface area contributed by atoms with Gasteiger partial charge in [-0.25, -0.2) is 0 Å². The van der Waals surface area contributed by atoms with E-state index in [9.17, 15) is 9.90 Å². The van der Waals surface area contributed by atoms with Crippen molar-refractivity contribution in [3.8, 4) is 0 Å². The standard InChI is InChI=1S/C14H16O3/c1-2-6-12(14(16)17)13(15)10-9-11-7-4-3-5-8-11/h2-5,7-10,12-13,15H,1,6H2,(H,16,17)/b10-9+/t12-,13-/m0/s1. The van der Waals surface area contributed by atoms with Gasteiger partial charge >= 0.3 is 5.97 Å². The van der Waals surface area contributed by atoms with Crippen molar-refractivity contribution in [1.29, 1.82) is 0 Å². The fourth-order valence-corrected chi connectivity index (χ4v) is 1.47. The van der Waals surface area contributed by atoms with Crippen LogP contribution in [0.2, 0.25) is 0 Å². The lowest BCUT2D eigenvalue weighted by atomic mass is 9.98. The lowest BCUT2D eigenvalue weighted by Crippen LogP contribution is -2.25. The smallest absolute Gasteiger partial charge is 0.309 e. The van der Waals surface area contributed by atoms with E-state index in [0.717, 1.165) is 5.56 Å². The van der Waals surface area contributed by atoms with Gasteiger partial charge in [-0.05, 0) is 12.0 Å². The van der Waals surface area contributed by atoms with Crippen molar-refractivity contribution in [1.82, 2.24) is 0 Å². The second-order valence-corrected chi connectivity index (χ2v) is 3.73. The molecule has 3 heteroatoms. The van der Waals surface area contributed by atoms with Gasteiger partial charge in [0, 0.05) is 0 Å². The number of hydrogen-bond acceptors (Lipinski definition) is 2. The molecule has 0 fully saturated rings. The first-order chi connectivity index (χ1) is 8.15. The minimum absolute atomic E-state index is 0.246. The predicted molar refractivity (Wildman–Crippen MR) is 67.4 cm³/mol. The van der Waals surface area contributed by atoms with Crippen LogP contribution in [0.5, 0.6) is 0 Å². The number of aliphatic hydroxyl groups is 1. The first kappa shape index (κ1) is 13.2. The van der Waals surface area contributed by atoms with Crippen LogP contribution in [-0.2, 0) is 4.79 Å². The Morgan fingerprint density at radius 3 is 2.53 bits per heavy atom. The molecule has 2 N–H and O–H groups in total. The number of hydrogen-bond donors (Lipinski definition) is 2. The van der Waals surface area contributed by atoms with Gasteiger partial charge in [0.2, 0.25) is 0 Å². The molecule has 0 aromatic heterocycles. The summed E-state index contributed by atoms with van der Waals surface area (Å²) in [5, 5.41) is 18.7. The predicted octanol–water partition coefficient (Wildman–Crippen LogP) is 2.34. The van der Waals surface area contributed by atoms with Crippen LogP contribution in [0.25, 0.3) is 6.08 Å². The molecule has 1 rings (SSSR count). The highest BCUT2D eigenvalue weighted by molar-refractivity contribution is 5.71. The maximum atomic E-state index is 10.9. The molecule has 0 aliphatic carbocycles. The van der Waals surface area contributed by atoms with Crippen LogP contribution in [0.4, 0.5) is 0 Å². The topological polar surface area (TPSA) is 57.5 Å². The second kappa shape index (κ2) is 6.66. The van der Waals surface area contributed by atoms with E-state index in [1.165, 1.54) is 12.2 Å². The maximum Gasteiger partial charge on any atom is 0.309 e. The summed E-state index contributed by atoms with van der Waals surface area (Å²) >= 11 is 0. The molecular weight excluding hydrogens is 216 g/mol. The molecule has 0 aliphatic heterocycles. The molecule has 1 aromatic carbocycles. The van der Waals surface area contributed by atoms with Crippen LogP contribution >= 0.6 is 0 Å². The van der Waals surface area contributed by atoms with Crippen LogP contribution in [0.1, 0.15) is 12.0 Å². The van der Waals surface area contributed by atoms with Gasteiger partial charge in [-0.15, -0.1) is 6.58 Å².